The van der Waals surface area contributed by atoms with Gasteiger partial charge < -0.3 is 19.9 Å². The topological polar surface area (TPSA) is 84.9 Å². The van der Waals surface area contributed by atoms with Crippen LogP contribution in [-0.4, -0.2) is 47.4 Å². The number of amides is 1. The number of rotatable bonds is 9. The number of carboxylic acids is 1. The SMILES string of the molecule is CC(=O)NC(C)(C)C(=O)O.CC(C)COC(C)(C)CCOC(C)C. The van der Waals surface area contributed by atoms with E-state index in [-0.39, 0.29) is 11.5 Å². The van der Waals surface area contributed by atoms with Crippen LogP contribution in [0.2, 0.25) is 0 Å². The van der Waals surface area contributed by atoms with Crippen molar-refractivity contribution in [1.29, 1.82) is 0 Å². The Bertz CT molecular complexity index is 376. The van der Waals surface area contributed by atoms with Crippen molar-refractivity contribution in [2.24, 2.45) is 5.92 Å². The molecule has 0 saturated heterocycles. The molecule has 0 fully saturated rings. The van der Waals surface area contributed by atoms with Gasteiger partial charge in [-0.15, -0.1) is 0 Å². The molecule has 6 nitrogen and oxygen atoms in total. The van der Waals surface area contributed by atoms with Crippen LogP contribution in [0.15, 0.2) is 0 Å². The summed E-state index contributed by atoms with van der Waals surface area (Å²) in [5, 5.41) is 10.8. The zero-order valence-electron chi connectivity index (χ0n) is 16.9. The molecule has 6 heteroatoms. The Balaban J connectivity index is 0. The fraction of sp³-hybridized carbons (Fsp3) is 0.889. The van der Waals surface area contributed by atoms with Crippen molar-refractivity contribution in [3.63, 3.8) is 0 Å². The molecule has 144 valence electrons. The average Bonchev–Trinajstić information content (AvgIpc) is 2.35. The van der Waals surface area contributed by atoms with Gasteiger partial charge in [0.15, 0.2) is 0 Å². The van der Waals surface area contributed by atoms with Crippen molar-refractivity contribution in [1.82, 2.24) is 5.32 Å². The molecule has 24 heavy (non-hydrogen) atoms. The zero-order chi connectivity index (χ0) is 19.6. The van der Waals surface area contributed by atoms with Crippen LogP contribution in [-0.2, 0) is 19.1 Å². The molecule has 0 aromatic heterocycles. The normalized spacial score (nSPS) is 12.0. The lowest BCUT2D eigenvalue weighted by atomic mass is 10.1. The lowest BCUT2D eigenvalue weighted by Gasteiger charge is -2.26. The van der Waals surface area contributed by atoms with E-state index in [2.05, 4.69) is 46.9 Å². The van der Waals surface area contributed by atoms with Crippen molar-refractivity contribution < 1.29 is 24.2 Å². The van der Waals surface area contributed by atoms with Crippen LogP contribution in [0.5, 0.6) is 0 Å². The molecule has 0 heterocycles. The second-order valence-corrected chi connectivity index (χ2v) is 7.75. The van der Waals surface area contributed by atoms with Gasteiger partial charge in [-0.2, -0.15) is 0 Å². The third-order valence-electron chi connectivity index (χ3n) is 2.99. The summed E-state index contributed by atoms with van der Waals surface area (Å²) in [6.45, 7) is 18.4. The number of carboxylic acid groups (broad SMARTS) is 1. The first-order valence-corrected chi connectivity index (χ1v) is 8.47. The van der Waals surface area contributed by atoms with Crippen molar-refractivity contribution in [2.45, 2.75) is 86.0 Å². The third-order valence-corrected chi connectivity index (χ3v) is 2.99. The van der Waals surface area contributed by atoms with Crippen molar-refractivity contribution >= 4 is 11.9 Å². The molecular weight excluding hydrogens is 310 g/mol. The molecule has 0 aliphatic carbocycles. The van der Waals surface area contributed by atoms with Gasteiger partial charge in [0.2, 0.25) is 5.91 Å². The van der Waals surface area contributed by atoms with Gasteiger partial charge in [0.1, 0.15) is 5.54 Å². The third kappa shape index (κ3) is 15.7. The highest BCUT2D eigenvalue weighted by Gasteiger charge is 2.27. The van der Waals surface area contributed by atoms with E-state index in [0.717, 1.165) is 19.6 Å². The van der Waals surface area contributed by atoms with E-state index in [0.29, 0.717) is 12.0 Å². The van der Waals surface area contributed by atoms with Gasteiger partial charge in [0.05, 0.1) is 11.7 Å². The number of carbonyl (C=O) groups is 2. The molecule has 2 N–H and O–H groups in total. The van der Waals surface area contributed by atoms with Crippen LogP contribution in [0.3, 0.4) is 0 Å². The first-order valence-electron chi connectivity index (χ1n) is 8.47. The number of ether oxygens (including phenoxy) is 2. The highest BCUT2D eigenvalue weighted by atomic mass is 16.5. The monoisotopic (exact) mass is 347 g/mol. The second kappa shape index (κ2) is 11.4. The maximum atomic E-state index is 10.4. The largest absolute Gasteiger partial charge is 0.480 e. The van der Waals surface area contributed by atoms with Gasteiger partial charge in [-0.05, 0) is 53.9 Å². The molecule has 0 rings (SSSR count). The number of carbonyl (C=O) groups excluding carboxylic acids is 1. The van der Waals surface area contributed by atoms with Crippen LogP contribution in [0.25, 0.3) is 0 Å². The smallest absolute Gasteiger partial charge is 0.328 e. The number of aliphatic carboxylic acids is 1. The fourth-order valence-electron chi connectivity index (χ4n) is 1.50. The lowest BCUT2D eigenvalue weighted by molar-refractivity contribution is -0.145. The Kier molecular flexibility index (Phi) is 11.9. The molecule has 0 saturated carbocycles. The molecule has 0 atom stereocenters. The lowest BCUT2D eigenvalue weighted by Crippen LogP contribution is -2.48. The van der Waals surface area contributed by atoms with Gasteiger partial charge in [0, 0.05) is 20.1 Å². The first kappa shape index (κ1) is 25.1. The Morgan fingerprint density at radius 1 is 1.08 bits per heavy atom. The van der Waals surface area contributed by atoms with Crippen LogP contribution in [0.4, 0.5) is 0 Å². The summed E-state index contributed by atoms with van der Waals surface area (Å²) in [6, 6.07) is 0. The fourth-order valence-corrected chi connectivity index (χ4v) is 1.50. The Labute approximate surface area is 147 Å². The highest BCUT2D eigenvalue weighted by Crippen LogP contribution is 2.16. The average molecular weight is 347 g/mol. The minimum absolute atomic E-state index is 0.0564. The quantitative estimate of drug-likeness (QED) is 0.669. The molecule has 0 unspecified atom stereocenters. The Hall–Kier alpha value is -1.14. The van der Waals surface area contributed by atoms with Crippen molar-refractivity contribution in [3.05, 3.63) is 0 Å². The molecule has 0 bridgehead atoms. The predicted molar refractivity (Wildman–Crippen MR) is 96.1 cm³/mol. The van der Waals surface area contributed by atoms with Crippen LogP contribution < -0.4 is 5.32 Å². The molecule has 0 radical (unpaired) electrons. The summed E-state index contributed by atoms with van der Waals surface area (Å²) in [7, 11) is 0. The Morgan fingerprint density at radius 3 is 1.88 bits per heavy atom. The van der Waals surface area contributed by atoms with Gasteiger partial charge in [-0.1, -0.05) is 13.8 Å². The summed E-state index contributed by atoms with van der Waals surface area (Å²) in [4.78, 5) is 20.7. The van der Waals surface area contributed by atoms with Gasteiger partial charge in [0.25, 0.3) is 0 Å². The van der Waals surface area contributed by atoms with Crippen LogP contribution in [0, 0.1) is 5.92 Å². The minimum Gasteiger partial charge on any atom is -0.480 e. The first-order chi connectivity index (χ1) is 10.7. The predicted octanol–water partition coefficient (Wildman–Crippen LogP) is 3.24. The standard InChI is InChI=1S/C12H26O2.C6H11NO3/c1-10(2)9-14-12(5,6)7-8-13-11(3)4;1-4(8)7-6(2,3)5(9)10/h10-11H,7-9H2,1-6H3;1-3H3,(H,7,8)(H,9,10). The molecular formula is C18H37NO5. The van der Waals surface area contributed by atoms with Crippen LogP contribution in [0.1, 0.15) is 68.7 Å². The van der Waals surface area contributed by atoms with E-state index in [9.17, 15) is 9.59 Å². The van der Waals surface area contributed by atoms with Gasteiger partial charge in [-0.25, -0.2) is 4.79 Å². The number of hydrogen-bond acceptors (Lipinski definition) is 4. The highest BCUT2D eigenvalue weighted by molar-refractivity contribution is 5.85. The molecule has 0 aromatic carbocycles. The summed E-state index contributed by atoms with van der Waals surface area (Å²) in [6.07, 6.45) is 1.27. The Morgan fingerprint density at radius 2 is 1.58 bits per heavy atom. The van der Waals surface area contributed by atoms with E-state index < -0.39 is 11.5 Å². The molecule has 0 aliphatic rings. The molecule has 1 amide bonds. The number of nitrogens with one attached hydrogen (secondary N) is 1. The molecule has 0 spiro atoms. The zero-order valence-corrected chi connectivity index (χ0v) is 16.9. The molecule has 0 aliphatic heterocycles. The summed E-state index contributed by atoms with van der Waals surface area (Å²) >= 11 is 0. The van der Waals surface area contributed by atoms with Crippen molar-refractivity contribution in [3.8, 4) is 0 Å². The van der Waals surface area contributed by atoms with Crippen LogP contribution >= 0.6 is 0 Å². The second-order valence-electron chi connectivity index (χ2n) is 7.75. The number of hydrogen-bond donors (Lipinski definition) is 2. The van der Waals surface area contributed by atoms with E-state index in [1.807, 2.05) is 0 Å². The maximum absolute atomic E-state index is 10.4. The van der Waals surface area contributed by atoms with E-state index in [1.165, 1.54) is 20.8 Å². The van der Waals surface area contributed by atoms with Gasteiger partial charge in [-0.3, -0.25) is 4.79 Å². The van der Waals surface area contributed by atoms with E-state index >= 15 is 0 Å². The maximum Gasteiger partial charge on any atom is 0.328 e. The summed E-state index contributed by atoms with van der Waals surface area (Å²) in [5.41, 5.74) is -1.22. The summed E-state index contributed by atoms with van der Waals surface area (Å²) < 4.78 is 11.3. The van der Waals surface area contributed by atoms with Crippen molar-refractivity contribution in [2.75, 3.05) is 13.2 Å². The summed E-state index contributed by atoms with van der Waals surface area (Å²) in [5.74, 6) is -0.782. The minimum atomic E-state index is -1.16. The van der Waals surface area contributed by atoms with E-state index in [1.54, 1.807) is 0 Å². The van der Waals surface area contributed by atoms with Gasteiger partial charge >= 0.3 is 5.97 Å². The molecule has 0 aromatic rings. The van der Waals surface area contributed by atoms with E-state index in [4.69, 9.17) is 14.6 Å².